The topological polar surface area (TPSA) is 151 Å². The minimum Gasteiger partial charge on any atom is -0.497 e. The Morgan fingerprint density at radius 2 is 1.86 bits per heavy atom. The maximum atomic E-state index is 15.4. The number of hydrogen-bond donors (Lipinski definition) is 3. The molecular weight excluding hydrogens is 672 g/mol. The summed E-state index contributed by atoms with van der Waals surface area (Å²) in [7, 11) is 2.98. The molecule has 2 aliphatic rings. The Morgan fingerprint density at radius 3 is 2.52 bits per heavy atom. The maximum Gasteiger partial charge on any atom is 0.251 e. The summed E-state index contributed by atoms with van der Waals surface area (Å²) in [5.74, 6) is -2.36. The summed E-state index contributed by atoms with van der Waals surface area (Å²) < 4.78 is 48.2. The number of carbonyl (C=O) groups excluding carboxylic acids is 2. The van der Waals surface area contributed by atoms with E-state index in [1.165, 1.54) is 20.3 Å². The highest BCUT2D eigenvalue weighted by Crippen LogP contribution is 2.47. The van der Waals surface area contributed by atoms with Crippen molar-refractivity contribution in [2.45, 2.75) is 36.8 Å². The van der Waals surface area contributed by atoms with E-state index in [1.807, 2.05) is 10.9 Å². The SMILES string of the molecule is COc1ccc([C@](O)(CNC(=O)c2cc(OC)c3nn(C4CC4)cc3c2)c2cc3c(c(-c4cc(Cl)c(F)cc4F)n2)OC[C@]3(C)C(N)=O)cc1. The largest absolute Gasteiger partial charge is 0.497 e. The summed E-state index contributed by atoms with van der Waals surface area (Å²) in [5, 5.41) is 20.4. The van der Waals surface area contributed by atoms with Gasteiger partial charge in [0.15, 0.2) is 0 Å². The van der Waals surface area contributed by atoms with Gasteiger partial charge in [0.05, 0.1) is 37.5 Å². The number of halogens is 3. The monoisotopic (exact) mass is 703 g/mol. The Hall–Kier alpha value is -5.27. The standard InChI is InChI=1S/C36H32ClF2N5O6/c1-35(34(40)46)17-50-32-24(35)13-29(42-31(32)23-12-25(37)27(39)14-26(23)38)36(47,20-4-8-22(48-2)9-5-20)16-41-33(45)18-10-19-15-44(21-6-7-21)43-30(19)28(11-18)49-3/h4-5,8-15,21,47H,6-7,16-17H2,1-3H3,(H2,40,46)(H,41,45)/t35-,36+/m0/s1. The number of nitrogens with two attached hydrogens (primary N) is 1. The third-order valence-electron chi connectivity index (χ3n) is 9.37. The second-order valence-corrected chi connectivity index (χ2v) is 13.1. The molecule has 1 saturated carbocycles. The van der Waals surface area contributed by atoms with Crippen molar-refractivity contribution in [1.82, 2.24) is 20.1 Å². The number of nitrogens with zero attached hydrogens (tertiary/aromatic N) is 3. The molecule has 0 saturated heterocycles. The van der Waals surface area contributed by atoms with Gasteiger partial charge in [0, 0.05) is 34.3 Å². The van der Waals surface area contributed by atoms with Crippen LogP contribution in [0.5, 0.6) is 17.2 Å². The molecule has 0 unspecified atom stereocenters. The molecule has 0 bridgehead atoms. The molecule has 4 N–H and O–H groups in total. The number of hydrogen-bond acceptors (Lipinski definition) is 8. The summed E-state index contributed by atoms with van der Waals surface area (Å²) in [5.41, 5.74) is 3.19. The second kappa shape index (κ2) is 12.3. The highest BCUT2D eigenvalue weighted by Gasteiger charge is 2.46. The van der Waals surface area contributed by atoms with Crippen molar-refractivity contribution < 1.29 is 37.7 Å². The molecule has 5 aromatic rings. The van der Waals surface area contributed by atoms with Gasteiger partial charge in [-0.05, 0) is 61.7 Å². The van der Waals surface area contributed by atoms with Crippen LogP contribution in [0.4, 0.5) is 8.78 Å². The molecule has 0 spiro atoms. The third-order valence-corrected chi connectivity index (χ3v) is 9.66. The van der Waals surface area contributed by atoms with Gasteiger partial charge in [-0.25, -0.2) is 13.8 Å². The van der Waals surface area contributed by atoms with Crippen LogP contribution < -0.4 is 25.3 Å². The average Bonchev–Trinajstić information content (AvgIpc) is 3.78. The molecule has 2 atom stereocenters. The molecule has 1 fully saturated rings. The van der Waals surface area contributed by atoms with Crippen LogP contribution in [0.15, 0.2) is 60.8 Å². The van der Waals surface area contributed by atoms with E-state index in [1.54, 1.807) is 43.3 Å². The van der Waals surface area contributed by atoms with E-state index in [9.17, 15) is 19.1 Å². The van der Waals surface area contributed by atoms with Crippen LogP contribution in [-0.4, -0.2) is 59.1 Å². The molecule has 0 radical (unpaired) electrons. The van der Waals surface area contributed by atoms with Crippen LogP contribution in [0.25, 0.3) is 22.2 Å². The maximum absolute atomic E-state index is 15.4. The molecule has 3 heterocycles. The molecule has 258 valence electrons. The van der Waals surface area contributed by atoms with Gasteiger partial charge in [0.2, 0.25) is 5.91 Å². The zero-order valence-corrected chi connectivity index (χ0v) is 28.0. The number of methoxy groups -OCH3 is 2. The number of aliphatic hydroxyl groups is 1. The van der Waals surface area contributed by atoms with Crippen LogP contribution in [0.2, 0.25) is 5.02 Å². The number of carbonyl (C=O) groups is 2. The molecule has 2 amide bonds. The number of rotatable bonds is 10. The number of benzene rings is 3. The number of fused-ring (bicyclic) bond motifs is 2. The van der Waals surface area contributed by atoms with Gasteiger partial charge < -0.3 is 30.4 Å². The number of primary amides is 1. The van der Waals surface area contributed by atoms with Crippen molar-refractivity contribution >= 4 is 34.3 Å². The van der Waals surface area contributed by atoms with Gasteiger partial charge in [0.25, 0.3) is 5.91 Å². The minimum absolute atomic E-state index is 0.0184. The minimum atomic E-state index is -2.10. The van der Waals surface area contributed by atoms with Crippen molar-refractivity contribution in [2.75, 3.05) is 27.4 Å². The first-order chi connectivity index (χ1) is 23.9. The van der Waals surface area contributed by atoms with Crippen LogP contribution in [-0.2, 0) is 15.8 Å². The van der Waals surface area contributed by atoms with E-state index in [0.29, 0.717) is 34.5 Å². The Balaban J connectivity index is 1.35. The van der Waals surface area contributed by atoms with Gasteiger partial charge >= 0.3 is 0 Å². The van der Waals surface area contributed by atoms with Crippen molar-refractivity contribution in [1.29, 1.82) is 0 Å². The van der Waals surface area contributed by atoms with Gasteiger partial charge in [-0.3, -0.25) is 14.3 Å². The van der Waals surface area contributed by atoms with E-state index in [-0.39, 0.29) is 51.0 Å². The lowest BCUT2D eigenvalue weighted by atomic mass is 9.80. The molecule has 14 heteroatoms. The van der Waals surface area contributed by atoms with Crippen molar-refractivity contribution in [3.05, 3.63) is 99.8 Å². The second-order valence-electron chi connectivity index (χ2n) is 12.7. The Morgan fingerprint density at radius 1 is 1.12 bits per heavy atom. The number of aromatic nitrogens is 3. The fraction of sp³-hybridized carbons (Fsp3) is 0.278. The number of ether oxygens (including phenoxy) is 3. The summed E-state index contributed by atoms with van der Waals surface area (Å²) in [6, 6.07) is 13.1. The van der Waals surface area contributed by atoms with Crippen LogP contribution in [0.3, 0.4) is 0 Å². The summed E-state index contributed by atoms with van der Waals surface area (Å²) in [6.07, 6.45) is 3.92. The molecule has 50 heavy (non-hydrogen) atoms. The molecule has 7 rings (SSSR count). The Bertz CT molecular complexity index is 2190. The lowest BCUT2D eigenvalue weighted by Crippen LogP contribution is -2.43. The van der Waals surface area contributed by atoms with Crippen molar-refractivity contribution in [3.63, 3.8) is 0 Å². The fourth-order valence-electron chi connectivity index (χ4n) is 6.14. The predicted molar refractivity (Wildman–Crippen MR) is 180 cm³/mol. The molecular formula is C36H32ClF2N5O6. The zero-order chi connectivity index (χ0) is 35.5. The average molecular weight is 704 g/mol. The molecule has 1 aliphatic carbocycles. The molecule has 11 nitrogen and oxygen atoms in total. The van der Waals surface area contributed by atoms with Crippen LogP contribution in [0.1, 0.15) is 53.0 Å². The molecule has 1 aliphatic heterocycles. The van der Waals surface area contributed by atoms with E-state index in [0.717, 1.165) is 18.9 Å². The summed E-state index contributed by atoms with van der Waals surface area (Å²) >= 11 is 6.06. The Labute approximate surface area is 289 Å². The van der Waals surface area contributed by atoms with E-state index in [4.69, 9.17) is 31.5 Å². The quantitative estimate of drug-likeness (QED) is 0.168. The lowest BCUT2D eigenvalue weighted by molar-refractivity contribution is -0.123. The summed E-state index contributed by atoms with van der Waals surface area (Å²) in [6.45, 7) is 0.906. The smallest absolute Gasteiger partial charge is 0.251 e. The number of pyridine rings is 1. The fourth-order valence-corrected chi connectivity index (χ4v) is 6.30. The number of nitrogens with one attached hydrogen (secondary N) is 1. The first-order valence-electron chi connectivity index (χ1n) is 15.7. The number of amides is 2. The normalized spacial score (nSPS) is 17.9. The van der Waals surface area contributed by atoms with E-state index >= 15 is 4.39 Å². The first kappa shape index (κ1) is 33.2. The van der Waals surface area contributed by atoms with Crippen LogP contribution in [0, 0.1) is 11.6 Å². The summed E-state index contributed by atoms with van der Waals surface area (Å²) in [4.78, 5) is 31.2. The van der Waals surface area contributed by atoms with Gasteiger partial charge in [0.1, 0.15) is 57.7 Å². The predicted octanol–water partition coefficient (Wildman–Crippen LogP) is 5.18. The van der Waals surface area contributed by atoms with Gasteiger partial charge in [-0.15, -0.1) is 0 Å². The first-order valence-corrected chi connectivity index (χ1v) is 16.1. The molecule has 3 aromatic carbocycles. The third kappa shape index (κ3) is 5.56. The van der Waals surface area contributed by atoms with Gasteiger partial charge in [-0.1, -0.05) is 23.7 Å². The van der Waals surface area contributed by atoms with Crippen LogP contribution >= 0.6 is 11.6 Å². The molecule has 2 aromatic heterocycles. The highest BCUT2D eigenvalue weighted by atomic mass is 35.5. The zero-order valence-electron chi connectivity index (χ0n) is 27.2. The van der Waals surface area contributed by atoms with E-state index in [2.05, 4.69) is 15.4 Å². The van der Waals surface area contributed by atoms with E-state index < -0.39 is 41.0 Å². The highest BCUT2D eigenvalue weighted by molar-refractivity contribution is 6.31. The van der Waals surface area contributed by atoms with Gasteiger partial charge in [-0.2, -0.15) is 5.10 Å². The van der Waals surface area contributed by atoms with Crippen molar-refractivity contribution in [2.24, 2.45) is 5.73 Å². The Kier molecular flexibility index (Phi) is 8.14. The lowest BCUT2D eigenvalue weighted by Gasteiger charge is -2.30. The van der Waals surface area contributed by atoms with Crippen molar-refractivity contribution in [3.8, 4) is 28.5 Å².